The Balaban J connectivity index is 0.00000420. The van der Waals surface area contributed by atoms with Crippen molar-refractivity contribution in [2.45, 2.75) is 51.4 Å². The highest BCUT2D eigenvalue weighted by Gasteiger charge is 2.42. The zero-order valence-corrected chi connectivity index (χ0v) is 18.6. The first-order valence-corrected chi connectivity index (χ1v) is 9.39. The number of amides is 1. The third kappa shape index (κ3) is 9.09. The first-order valence-electron chi connectivity index (χ1n) is 9.39. The molecule has 1 aromatic carbocycles. The van der Waals surface area contributed by atoms with Crippen LogP contribution in [0.15, 0.2) is 29.3 Å². The van der Waals surface area contributed by atoms with Gasteiger partial charge in [-0.05, 0) is 43.9 Å². The molecule has 0 bridgehead atoms. The number of guanidine groups is 1. The van der Waals surface area contributed by atoms with Crippen LogP contribution in [0.2, 0.25) is 0 Å². The molecule has 1 amide bonds. The van der Waals surface area contributed by atoms with Gasteiger partial charge in [0.25, 0.3) is 5.91 Å². The molecule has 0 radical (unpaired) electrons. The second kappa shape index (κ2) is 12.1. The maximum absolute atomic E-state index is 13.0. The van der Waals surface area contributed by atoms with Crippen molar-refractivity contribution in [1.82, 2.24) is 10.6 Å². The van der Waals surface area contributed by atoms with E-state index in [9.17, 15) is 18.0 Å². The zero-order valence-electron chi connectivity index (χ0n) is 16.3. The molecule has 6 nitrogen and oxygen atoms in total. The summed E-state index contributed by atoms with van der Waals surface area (Å²) in [6, 6.07) is 6.82. The second-order valence-electron chi connectivity index (χ2n) is 6.84. The molecule has 1 fully saturated rings. The smallest absolute Gasteiger partial charge is 0.391 e. The van der Waals surface area contributed by atoms with Crippen molar-refractivity contribution < 1.29 is 22.7 Å². The summed E-state index contributed by atoms with van der Waals surface area (Å²) >= 11 is 0. The van der Waals surface area contributed by atoms with E-state index in [1.807, 2.05) is 13.0 Å². The van der Waals surface area contributed by atoms with Gasteiger partial charge in [0, 0.05) is 12.6 Å². The molecule has 4 N–H and O–H groups in total. The summed E-state index contributed by atoms with van der Waals surface area (Å²) in [6.45, 7) is 2.61. The number of hydrogen-bond acceptors (Lipinski definition) is 3. The van der Waals surface area contributed by atoms with Crippen molar-refractivity contribution in [2.24, 2.45) is 16.6 Å². The number of primary amides is 1. The maximum atomic E-state index is 13.0. The van der Waals surface area contributed by atoms with E-state index in [1.165, 1.54) is 0 Å². The normalized spacial score (nSPS) is 19.8. The lowest BCUT2D eigenvalue weighted by molar-refractivity contribution is -0.183. The van der Waals surface area contributed by atoms with Crippen LogP contribution >= 0.6 is 24.0 Å². The molecule has 10 heteroatoms. The number of nitrogens with zero attached hydrogens (tertiary/aromatic N) is 1. The average Bonchev–Trinajstić information content (AvgIpc) is 2.64. The van der Waals surface area contributed by atoms with Crippen molar-refractivity contribution in [2.75, 3.05) is 13.2 Å². The molecular formula is C19H28F3IN4O2. The summed E-state index contributed by atoms with van der Waals surface area (Å²) in [5.74, 6) is -0.837. The molecule has 2 rings (SSSR count). The highest BCUT2D eigenvalue weighted by atomic mass is 127. The third-order valence-corrected chi connectivity index (χ3v) is 4.52. The minimum atomic E-state index is -4.15. The van der Waals surface area contributed by atoms with Crippen LogP contribution in [0.5, 0.6) is 5.75 Å². The quantitative estimate of drug-likeness (QED) is 0.288. The molecule has 1 aromatic rings. The molecule has 2 atom stereocenters. The molecule has 164 valence electrons. The van der Waals surface area contributed by atoms with Crippen molar-refractivity contribution in [3.63, 3.8) is 0 Å². The lowest BCUT2D eigenvalue weighted by atomic mass is 9.85. The van der Waals surface area contributed by atoms with E-state index in [-0.39, 0.29) is 49.5 Å². The van der Waals surface area contributed by atoms with E-state index in [0.717, 1.165) is 5.56 Å². The number of carbonyl (C=O) groups excluding carboxylic acids is 1. The Labute approximate surface area is 185 Å². The van der Waals surface area contributed by atoms with Crippen molar-refractivity contribution in [1.29, 1.82) is 0 Å². The van der Waals surface area contributed by atoms with Gasteiger partial charge in [0.1, 0.15) is 5.75 Å². The first kappa shape index (κ1) is 25.3. The lowest BCUT2D eigenvalue weighted by Crippen LogP contribution is -2.46. The summed E-state index contributed by atoms with van der Waals surface area (Å²) in [5, 5.41) is 6.20. The molecule has 2 unspecified atom stereocenters. The Bertz CT molecular complexity index is 686. The number of alkyl halides is 3. The van der Waals surface area contributed by atoms with E-state index in [0.29, 0.717) is 37.6 Å². The number of ether oxygens (including phenoxy) is 1. The molecule has 1 aliphatic carbocycles. The average molecular weight is 528 g/mol. The Morgan fingerprint density at radius 3 is 2.76 bits per heavy atom. The van der Waals surface area contributed by atoms with Gasteiger partial charge in [-0.25, -0.2) is 4.99 Å². The van der Waals surface area contributed by atoms with Gasteiger partial charge in [0.15, 0.2) is 12.6 Å². The second-order valence-corrected chi connectivity index (χ2v) is 6.84. The number of nitrogens with two attached hydrogens (primary N) is 1. The van der Waals surface area contributed by atoms with Crippen LogP contribution in [-0.4, -0.2) is 37.2 Å². The standard InChI is InChI=1S/C19H27F3N4O2.HI/c1-2-24-18(26-15-7-4-6-14(10-15)19(20,21)22)25-11-13-5-3-8-16(9-13)28-12-17(23)27;/h3,5,8-9,14-15H,2,4,6-7,10-12H2,1H3,(H2,23,27)(H2,24,25,26);1H. The minimum absolute atomic E-state index is 0. The number of halogens is 4. The van der Waals surface area contributed by atoms with Crippen LogP contribution in [0.4, 0.5) is 13.2 Å². The highest BCUT2D eigenvalue weighted by Crippen LogP contribution is 2.37. The maximum Gasteiger partial charge on any atom is 0.391 e. The minimum Gasteiger partial charge on any atom is -0.484 e. The SMILES string of the molecule is CCNC(=NCc1cccc(OCC(N)=O)c1)NC1CCCC(C(F)(F)F)C1.I. The number of aliphatic imine (C=N–C) groups is 1. The predicted molar refractivity (Wildman–Crippen MR) is 116 cm³/mol. The van der Waals surface area contributed by atoms with Gasteiger partial charge in [-0.15, -0.1) is 24.0 Å². The monoisotopic (exact) mass is 528 g/mol. The number of nitrogens with one attached hydrogen (secondary N) is 2. The van der Waals surface area contributed by atoms with Crippen LogP contribution < -0.4 is 21.1 Å². The number of carbonyl (C=O) groups is 1. The van der Waals surface area contributed by atoms with Gasteiger partial charge in [-0.2, -0.15) is 13.2 Å². The Morgan fingerprint density at radius 2 is 2.10 bits per heavy atom. The van der Waals surface area contributed by atoms with E-state index < -0.39 is 18.0 Å². The molecule has 1 saturated carbocycles. The fraction of sp³-hybridized carbons (Fsp3) is 0.579. The third-order valence-electron chi connectivity index (χ3n) is 4.52. The molecular weight excluding hydrogens is 500 g/mol. The molecule has 0 aromatic heterocycles. The summed E-state index contributed by atoms with van der Waals surface area (Å²) < 4.78 is 44.3. The van der Waals surface area contributed by atoms with Crippen LogP contribution in [0.1, 0.15) is 38.2 Å². The number of benzene rings is 1. The van der Waals surface area contributed by atoms with Gasteiger partial charge >= 0.3 is 6.18 Å². The van der Waals surface area contributed by atoms with Crippen LogP contribution in [-0.2, 0) is 11.3 Å². The van der Waals surface area contributed by atoms with Gasteiger partial charge in [-0.1, -0.05) is 18.6 Å². The number of hydrogen-bond donors (Lipinski definition) is 3. The topological polar surface area (TPSA) is 88.7 Å². The first-order chi connectivity index (χ1) is 13.3. The molecule has 0 aliphatic heterocycles. The van der Waals surface area contributed by atoms with Crippen molar-refractivity contribution in [3.05, 3.63) is 29.8 Å². The lowest BCUT2D eigenvalue weighted by Gasteiger charge is -2.31. The van der Waals surface area contributed by atoms with E-state index in [4.69, 9.17) is 10.5 Å². The van der Waals surface area contributed by atoms with Gasteiger partial charge < -0.3 is 21.1 Å². The van der Waals surface area contributed by atoms with E-state index >= 15 is 0 Å². The van der Waals surface area contributed by atoms with Gasteiger partial charge in [-0.3, -0.25) is 4.79 Å². The summed E-state index contributed by atoms with van der Waals surface area (Å²) in [7, 11) is 0. The fourth-order valence-corrected chi connectivity index (χ4v) is 3.19. The summed E-state index contributed by atoms with van der Waals surface area (Å²) in [5.41, 5.74) is 5.91. The van der Waals surface area contributed by atoms with E-state index in [2.05, 4.69) is 15.6 Å². The largest absolute Gasteiger partial charge is 0.484 e. The van der Waals surface area contributed by atoms with Gasteiger partial charge in [0.2, 0.25) is 0 Å². The highest BCUT2D eigenvalue weighted by molar-refractivity contribution is 14.0. The van der Waals surface area contributed by atoms with Crippen molar-refractivity contribution in [3.8, 4) is 5.75 Å². The molecule has 0 saturated heterocycles. The van der Waals surface area contributed by atoms with Gasteiger partial charge in [0.05, 0.1) is 12.5 Å². The molecule has 1 aliphatic rings. The Morgan fingerprint density at radius 1 is 1.34 bits per heavy atom. The predicted octanol–water partition coefficient (Wildman–Crippen LogP) is 3.34. The van der Waals surface area contributed by atoms with Crippen molar-refractivity contribution >= 4 is 35.8 Å². The Hall–Kier alpha value is -1.72. The molecule has 29 heavy (non-hydrogen) atoms. The van der Waals surface area contributed by atoms with Crippen LogP contribution in [0.3, 0.4) is 0 Å². The summed E-state index contributed by atoms with van der Waals surface area (Å²) in [6.07, 6.45) is -2.67. The Kier molecular flexibility index (Phi) is 10.5. The summed E-state index contributed by atoms with van der Waals surface area (Å²) in [4.78, 5) is 15.3. The number of rotatable bonds is 7. The van der Waals surface area contributed by atoms with Crippen LogP contribution in [0, 0.1) is 5.92 Å². The fourth-order valence-electron chi connectivity index (χ4n) is 3.19. The molecule has 0 heterocycles. The molecule has 0 spiro atoms. The zero-order chi connectivity index (χ0) is 20.6. The van der Waals surface area contributed by atoms with E-state index in [1.54, 1.807) is 18.2 Å². The van der Waals surface area contributed by atoms with Crippen LogP contribution in [0.25, 0.3) is 0 Å².